The van der Waals surface area contributed by atoms with Crippen LogP contribution in [0.1, 0.15) is 0 Å². The fourth-order valence-electron chi connectivity index (χ4n) is 2.20. The Hall–Kier alpha value is -2.84. The molecule has 0 radical (unpaired) electrons. The molecule has 0 heterocycles. The van der Waals surface area contributed by atoms with E-state index in [1.54, 1.807) is 0 Å². The quantitative estimate of drug-likeness (QED) is 0.485. The minimum Gasteiger partial charge on any atom is -0.258 e. The first-order valence-corrected chi connectivity index (χ1v) is 10.2. The number of nitrogens with zero attached hydrogens (tertiary/aromatic N) is 2. The summed E-state index contributed by atoms with van der Waals surface area (Å²) in [6.07, 6.45) is 0. The number of benzene rings is 3. The zero-order chi connectivity index (χ0) is 18.6. The zero-order valence-corrected chi connectivity index (χ0v) is 15.1. The Labute approximate surface area is 153 Å². The van der Waals surface area contributed by atoms with E-state index in [0.717, 1.165) is 21.9 Å². The van der Waals surface area contributed by atoms with Crippen LogP contribution in [0.25, 0.3) is 0 Å². The summed E-state index contributed by atoms with van der Waals surface area (Å²) in [6, 6.07) is 23.0. The van der Waals surface area contributed by atoms with Gasteiger partial charge >= 0.3 is 0 Å². The molecule has 0 spiro atoms. The van der Waals surface area contributed by atoms with Gasteiger partial charge in [-0.15, -0.1) is 3.77 Å². The predicted molar refractivity (Wildman–Crippen MR) is 99.5 cm³/mol. The molecule has 3 aromatic carbocycles. The van der Waals surface area contributed by atoms with Gasteiger partial charge in [-0.25, -0.2) is 0 Å². The predicted octanol–water partition coefficient (Wildman–Crippen LogP) is 4.20. The third-order valence-electron chi connectivity index (χ3n) is 3.45. The molecule has 26 heavy (non-hydrogen) atoms. The zero-order valence-electron chi connectivity index (χ0n) is 13.4. The van der Waals surface area contributed by atoms with Gasteiger partial charge in [0.2, 0.25) is 0 Å². The van der Waals surface area contributed by atoms with Gasteiger partial charge in [0.1, 0.15) is 0 Å². The molecule has 0 N–H and O–H groups in total. The molecule has 3 aromatic rings. The molecule has 0 fully saturated rings. The molecule has 3 rings (SSSR count). The molecule has 0 unspecified atom stereocenters. The van der Waals surface area contributed by atoms with Crippen LogP contribution in [-0.2, 0) is 20.7 Å². The monoisotopic (exact) mass is 386 g/mol. The minimum atomic E-state index is -3.98. The fraction of sp³-hybridized carbons (Fsp3) is 0. The van der Waals surface area contributed by atoms with Crippen molar-refractivity contribution in [3.05, 3.63) is 95.0 Å². The number of non-ortho nitro benzene ring substituents is 1. The Morgan fingerprint density at radius 1 is 0.769 bits per heavy atom. The first-order chi connectivity index (χ1) is 12.5. The van der Waals surface area contributed by atoms with Crippen molar-refractivity contribution in [1.29, 1.82) is 0 Å². The Kier molecular flexibility index (Phi) is 5.24. The number of nitro benzene ring substituents is 1. The van der Waals surface area contributed by atoms with E-state index < -0.39 is 25.6 Å². The lowest BCUT2D eigenvalue weighted by Crippen LogP contribution is -2.02. The third kappa shape index (κ3) is 4.04. The topological polar surface area (TPSA) is 89.6 Å². The maximum Gasteiger partial charge on any atom is 0.288 e. The van der Waals surface area contributed by atoms with Crippen LogP contribution in [0.15, 0.2) is 103 Å². The van der Waals surface area contributed by atoms with Crippen molar-refractivity contribution in [3.63, 3.8) is 0 Å². The summed E-state index contributed by atoms with van der Waals surface area (Å²) in [5.74, 6) is 0. The smallest absolute Gasteiger partial charge is 0.258 e. The van der Waals surface area contributed by atoms with Crippen molar-refractivity contribution in [2.24, 2.45) is 3.77 Å². The molecule has 0 bridgehead atoms. The van der Waals surface area contributed by atoms with E-state index in [1.807, 2.05) is 60.7 Å². The molecular weight excluding hydrogens is 372 g/mol. The van der Waals surface area contributed by atoms with Gasteiger partial charge in [-0.1, -0.05) is 36.4 Å². The van der Waals surface area contributed by atoms with E-state index in [-0.39, 0.29) is 10.6 Å². The molecule has 0 saturated carbocycles. The minimum absolute atomic E-state index is 0.0764. The third-order valence-corrected chi connectivity index (χ3v) is 7.14. The van der Waals surface area contributed by atoms with E-state index in [4.69, 9.17) is 0 Å². The van der Waals surface area contributed by atoms with Crippen LogP contribution in [0.4, 0.5) is 5.69 Å². The molecule has 6 nitrogen and oxygen atoms in total. The van der Waals surface area contributed by atoms with E-state index in [9.17, 15) is 18.5 Å². The Bertz CT molecular complexity index is 1010. The van der Waals surface area contributed by atoms with E-state index in [2.05, 4.69) is 3.77 Å². The average molecular weight is 386 g/mol. The maximum atomic E-state index is 12.7. The van der Waals surface area contributed by atoms with Gasteiger partial charge in [0.05, 0.1) is 9.82 Å². The van der Waals surface area contributed by atoms with Crippen LogP contribution >= 0.6 is 0 Å². The van der Waals surface area contributed by atoms with Crippen molar-refractivity contribution in [2.45, 2.75) is 14.7 Å². The van der Waals surface area contributed by atoms with E-state index >= 15 is 0 Å². The molecule has 8 heteroatoms. The molecule has 0 atom stereocenters. The molecule has 0 aliphatic rings. The molecule has 132 valence electrons. The second-order valence-electron chi connectivity index (χ2n) is 5.21. The lowest BCUT2D eigenvalue weighted by Gasteiger charge is -2.09. The first kappa shape index (κ1) is 18.0. The van der Waals surface area contributed by atoms with Crippen molar-refractivity contribution in [1.82, 2.24) is 0 Å². The highest BCUT2D eigenvalue weighted by molar-refractivity contribution is 8.00. The van der Waals surface area contributed by atoms with E-state index in [1.165, 1.54) is 12.1 Å². The maximum absolute atomic E-state index is 12.7. The van der Waals surface area contributed by atoms with Crippen LogP contribution in [-0.4, -0.2) is 13.3 Å². The summed E-state index contributed by atoms with van der Waals surface area (Å²) in [4.78, 5) is 11.6. The van der Waals surface area contributed by atoms with Gasteiger partial charge in [0.25, 0.3) is 15.7 Å². The second kappa shape index (κ2) is 7.59. The van der Waals surface area contributed by atoms with Crippen LogP contribution in [0.2, 0.25) is 0 Å². The number of sulfonamides is 1. The molecule has 0 aromatic heterocycles. The van der Waals surface area contributed by atoms with Gasteiger partial charge in [0.15, 0.2) is 0 Å². The van der Waals surface area contributed by atoms with Crippen molar-refractivity contribution in [3.8, 4) is 0 Å². The van der Waals surface area contributed by atoms with Gasteiger partial charge in [-0.3, -0.25) is 10.1 Å². The molecule has 0 saturated heterocycles. The average Bonchev–Trinajstić information content (AvgIpc) is 2.67. The molecule has 0 aliphatic heterocycles. The highest BCUT2D eigenvalue weighted by atomic mass is 32.3. The Morgan fingerprint density at radius 2 is 1.23 bits per heavy atom. The van der Waals surface area contributed by atoms with Gasteiger partial charge in [0, 0.05) is 21.9 Å². The summed E-state index contributed by atoms with van der Waals surface area (Å²) in [5, 5.41) is 10.7. The van der Waals surface area contributed by atoms with E-state index in [0.29, 0.717) is 0 Å². The molecular formula is C18H14N2O4S2. The first-order valence-electron chi connectivity index (χ1n) is 7.54. The van der Waals surface area contributed by atoms with Gasteiger partial charge < -0.3 is 0 Å². The number of hydrogen-bond donors (Lipinski definition) is 0. The van der Waals surface area contributed by atoms with Crippen LogP contribution < -0.4 is 0 Å². The molecule has 0 aliphatic carbocycles. The Morgan fingerprint density at radius 3 is 1.65 bits per heavy atom. The van der Waals surface area contributed by atoms with Crippen molar-refractivity contribution >= 4 is 26.4 Å². The number of rotatable bonds is 5. The summed E-state index contributed by atoms with van der Waals surface area (Å²) in [5.41, 5.74) is -0.172. The van der Waals surface area contributed by atoms with Gasteiger partial charge in [-0.2, -0.15) is 8.42 Å². The van der Waals surface area contributed by atoms with Crippen LogP contribution in [0, 0.1) is 10.1 Å². The fourth-order valence-corrected chi connectivity index (χ4v) is 5.60. The lowest BCUT2D eigenvalue weighted by molar-refractivity contribution is -0.384. The highest BCUT2D eigenvalue weighted by Gasteiger charge is 2.17. The van der Waals surface area contributed by atoms with Crippen molar-refractivity contribution < 1.29 is 13.3 Å². The Balaban J connectivity index is 2.11. The summed E-state index contributed by atoms with van der Waals surface area (Å²) < 4.78 is 29.6. The van der Waals surface area contributed by atoms with Gasteiger partial charge in [-0.05, 0) is 47.1 Å². The normalized spacial score (nSPS) is 11.3. The largest absolute Gasteiger partial charge is 0.288 e. The van der Waals surface area contributed by atoms with Crippen molar-refractivity contribution in [2.75, 3.05) is 0 Å². The van der Waals surface area contributed by atoms with Crippen LogP contribution in [0.5, 0.6) is 0 Å². The summed E-state index contributed by atoms with van der Waals surface area (Å²) >= 11 is 0. The summed E-state index contributed by atoms with van der Waals surface area (Å²) in [7, 11) is -5.02. The highest BCUT2D eigenvalue weighted by Crippen LogP contribution is 2.24. The number of hydrogen-bond acceptors (Lipinski definition) is 4. The number of nitro groups is 1. The second-order valence-corrected chi connectivity index (χ2v) is 8.74. The lowest BCUT2D eigenvalue weighted by atomic mass is 10.3. The SMILES string of the molecule is O=[N+]([O-])c1ccc(S(=O)(=O)N=S(c2ccccc2)c2ccccc2)cc1. The van der Waals surface area contributed by atoms with Crippen LogP contribution in [0.3, 0.4) is 0 Å². The molecule has 0 amide bonds. The summed E-state index contributed by atoms with van der Waals surface area (Å²) in [6.45, 7) is 0. The standard InChI is InChI=1S/C18H14N2O4S2/c21-20(22)15-11-13-18(14-12-15)26(23,24)19-25(16-7-3-1-4-8-16)17-9-5-2-6-10-17/h1-14H.